The Hall–Kier alpha value is -1.81. The van der Waals surface area contributed by atoms with E-state index in [0.29, 0.717) is 6.54 Å². The Labute approximate surface area is 144 Å². The fourth-order valence-corrected chi connectivity index (χ4v) is 3.63. The van der Waals surface area contributed by atoms with Crippen molar-refractivity contribution in [2.45, 2.75) is 51.5 Å². The highest BCUT2D eigenvalue weighted by molar-refractivity contribution is 5.83. The third-order valence-electron chi connectivity index (χ3n) is 5.19. The highest BCUT2D eigenvalue weighted by Gasteiger charge is 2.21. The van der Waals surface area contributed by atoms with Gasteiger partial charge < -0.3 is 10.3 Å². The molecular weight excluding hydrogens is 298 g/mol. The van der Waals surface area contributed by atoms with Gasteiger partial charge in [0.2, 0.25) is 5.91 Å². The average molecular weight is 327 g/mol. The summed E-state index contributed by atoms with van der Waals surface area (Å²) in [7, 11) is 0. The predicted molar refractivity (Wildman–Crippen MR) is 99.1 cm³/mol. The maximum atomic E-state index is 12.5. The first-order valence-corrected chi connectivity index (χ1v) is 9.32. The lowest BCUT2D eigenvalue weighted by atomic mass is 10.1. The molecular formula is C20H29N3O. The molecule has 2 heterocycles. The van der Waals surface area contributed by atoms with Crippen molar-refractivity contribution in [3.63, 3.8) is 0 Å². The van der Waals surface area contributed by atoms with Crippen molar-refractivity contribution in [2.75, 3.05) is 19.6 Å². The summed E-state index contributed by atoms with van der Waals surface area (Å²) in [6.45, 7) is 4.84. The molecule has 130 valence electrons. The van der Waals surface area contributed by atoms with E-state index in [-0.39, 0.29) is 11.9 Å². The van der Waals surface area contributed by atoms with Crippen LogP contribution in [0.3, 0.4) is 0 Å². The van der Waals surface area contributed by atoms with Crippen LogP contribution in [-0.2, 0) is 11.2 Å². The van der Waals surface area contributed by atoms with Gasteiger partial charge in [-0.05, 0) is 50.9 Å². The van der Waals surface area contributed by atoms with E-state index < -0.39 is 0 Å². The van der Waals surface area contributed by atoms with Crippen molar-refractivity contribution in [2.24, 2.45) is 0 Å². The molecule has 2 N–H and O–H groups in total. The van der Waals surface area contributed by atoms with E-state index in [2.05, 4.69) is 39.6 Å². The summed E-state index contributed by atoms with van der Waals surface area (Å²) in [5, 5.41) is 4.38. The van der Waals surface area contributed by atoms with Gasteiger partial charge in [0.1, 0.15) is 0 Å². The molecule has 1 unspecified atom stereocenters. The van der Waals surface area contributed by atoms with E-state index >= 15 is 0 Å². The lowest BCUT2D eigenvalue weighted by Crippen LogP contribution is -2.46. The van der Waals surface area contributed by atoms with Crippen LogP contribution in [0.4, 0.5) is 0 Å². The third-order valence-corrected chi connectivity index (χ3v) is 5.19. The summed E-state index contributed by atoms with van der Waals surface area (Å²) < 4.78 is 0. The maximum Gasteiger partial charge on any atom is 0.237 e. The van der Waals surface area contributed by atoms with Crippen LogP contribution >= 0.6 is 0 Å². The number of carbonyl (C=O) groups excluding carboxylic acids is 1. The van der Waals surface area contributed by atoms with Gasteiger partial charge in [0.25, 0.3) is 0 Å². The fourth-order valence-electron chi connectivity index (χ4n) is 3.63. The topological polar surface area (TPSA) is 48.1 Å². The maximum absolute atomic E-state index is 12.5. The number of aromatic nitrogens is 1. The number of rotatable bonds is 5. The van der Waals surface area contributed by atoms with Gasteiger partial charge in [-0.25, -0.2) is 0 Å². The number of aromatic amines is 1. The van der Waals surface area contributed by atoms with Crippen LogP contribution < -0.4 is 5.32 Å². The number of likely N-dealkylation sites (tertiary alicyclic amines) is 1. The molecule has 1 atom stereocenters. The summed E-state index contributed by atoms with van der Waals surface area (Å²) in [6, 6.07) is 8.29. The van der Waals surface area contributed by atoms with E-state index in [4.69, 9.17) is 0 Å². The largest absolute Gasteiger partial charge is 0.361 e. The number of nitrogens with zero attached hydrogens (tertiary/aromatic N) is 1. The molecule has 0 radical (unpaired) electrons. The Kier molecular flexibility index (Phi) is 5.91. The third kappa shape index (κ3) is 4.18. The fraction of sp³-hybridized carbons (Fsp3) is 0.550. The second kappa shape index (κ2) is 8.34. The van der Waals surface area contributed by atoms with E-state index in [1.807, 2.05) is 13.0 Å². The van der Waals surface area contributed by atoms with Gasteiger partial charge in [0.05, 0.1) is 6.04 Å². The Bertz CT molecular complexity index is 656. The Balaban J connectivity index is 1.49. The Morgan fingerprint density at radius 2 is 1.88 bits per heavy atom. The van der Waals surface area contributed by atoms with Crippen molar-refractivity contribution in [3.05, 3.63) is 36.0 Å². The number of nitrogens with one attached hydrogen (secondary N) is 2. The zero-order valence-corrected chi connectivity index (χ0v) is 14.7. The molecule has 1 aliphatic rings. The van der Waals surface area contributed by atoms with E-state index in [1.165, 1.54) is 43.1 Å². The van der Waals surface area contributed by atoms with E-state index in [1.54, 1.807) is 0 Å². The number of amides is 1. The first-order chi connectivity index (χ1) is 11.8. The van der Waals surface area contributed by atoms with Gasteiger partial charge >= 0.3 is 0 Å². The minimum atomic E-state index is -0.0222. The van der Waals surface area contributed by atoms with Crippen LogP contribution in [0.2, 0.25) is 0 Å². The first-order valence-electron chi connectivity index (χ1n) is 9.32. The zero-order valence-electron chi connectivity index (χ0n) is 14.7. The van der Waals surface area contributed by atoms with Crippen LogP contribution in [0.15, 0.2) is 30.5 Å². The number of hydrogen-bond acceptors (Lipinski definition) is 2. The molecule has 24 heavy (non-hydrogen) atoms. The molecule has 1 aromatic carbocycles. The summed E-state index contributed by atoms with van der Waals surface area (Å²) in [5.41, 5.74) is 2.43. The Morgan fingerprint density at radius 3 is 2.67 bits per heavy atom. The van der Waals surface area contributed by atoms with Gasteiger partial charge in [-0.1, -0.05) is 37.5 Å². The van der Waals surface area contributed by atoms with Crippen LogP contribution in [-0.4, -0.2) is 41.5 Å². The monoisotopic (exact) mass is 327 g/mol. The highest BCUT2D eigenvalue weighted by Crippen LogP contribution is 2.18. The van der Waals surface area contributed by atoms with Crippen molar-refractivity contribution >= 4 is 16.8 Å². The molecule has 4 heteroatoms. The SMILES string of the molecule is CC(C(=O)NCCc1c[nH]c2ccccc12)N1CCCCCCC1. The Morgan fingerprint density at radius 1 is 1.17 bits per heavy atom. The number of para-hydroxylation sites is 1. The molecule has 4 nitrogen and oxygen atoms in total. The molecule has 2 aromatic rings. The van der Waals surface area contributed by atoms with Gasteiger partial charge in [0, 0.05) is 23.6 Å². The van der Waals surface area contributed by atoms with Crippen molar-refractivity contribution in [1.82, 2.24) is 15.2 Å². The molecule has 0 spiro atoms. The van der Waals surface area contributed by atoms with Crippen LogP contribution in [0.5, 0.6) is 0 Å². The van der Waals surface area contributed by atoms with Crippen LogP contribution in [0.1, 0.15) is 44.6 Å². The molecule has 0 bridgehead atoms. The van der Waals surface area contributed by atoms with E-state index in [0.717, 1.165) is 25.0 Å². The number of hydrogen-bond donors (Lipinski definition) is 2. The predicted octanol–water partition coefficient (Wildman–Crippen LogP) is 3.48. The van der Waals surface area contributed by atoms with Gasteiger partial charge in [0.15, 0.2) is 0 Å². The lowest BCUT2D eigenvalue weighted by molar-refractivity contribution is -0.126. The lowest BCUT2D eigenvalue weighted by Gasteiger charge is -2.29. The molecule has 1 fully saturated rings. The number of carbonyl (C=O) groups is 1. The van der Waals surface area contributed by atoms with Crippen molar-refractivity contribution in [3.8, 4) is 0 Å². The molecule has 3 rings (SSSR count). The molecule has 1 aromatic heterocycles. The standard InChI is InChI=1S/C20H29N3O/c1-16(23-13-7-3-2-4-8-14-23)20(24)21-12-11-17-15-22-19-10-6-5-9-18(17)19/h5-6,9-10,15-16,22H,2-4,7-8,11-14H2,1H3,(H,21,24). The quantitative estimate of drug-likeness (QED) is 0.883. The minimum Gasteiger partial charge on any atom is -0.361 e. The van der Waals surface area contributed by atoms with Crippen molar-refractivity contribution < 1.29 is 4.79 Å². The minimum absolute atomic E-state index is 0.0222. The molecule has 1 amide bonds. The number of fused-ring (bicyclic) bond motifs is 1. The molecule has 0 saturated carbocycles. The summed E-state index contributed by atoms with van der Waals surface area (Å²) in [4.78, 5) is 18.1. The summed E-state index contributed by atoms with van der Waals surface area (Å²) >= 11 is 0. The zero-order chi connectivity index (χ0) is 16.8. The second-order valence-electron chi connectivity index (χ2n) is 6.88. The van der Waals surface area contributed by atoms with Crippen LogP contribution in [0.25, 0.3) is 10.9 Å². The van der Waals surface area contributed by atoms with Gasteiger partial charge in [-0.3, -0.25) is 9.69 Å². The first kappa shape index (κ1) is 17.0. The smallest absolute Gasteiger partial charge is 0.237 e. The van der Waals surface area contributed by atoms with Crippen LogP contribution in [0, 0.1) is 0 Å². The van der Waals surface area contributed by atoms with Gasteiger partial charge in [-0.15, -0.1) is 0 Å². The number of H-pyrrole nitrogens is 1. The van der Waals surface area contributed by atoms with Crippen molar-refractivity contribution in [1.29, 1.82) is 0 Å². The normalized spacial score (nSPS) is 18.0. The molecule has 1 aliphatic heterocycles. The molecule has 0 aliphatic carbocycles. The van der Waals surface area contributed by atoms with E-state index in [9.17, 15) is 4.79 Å². The summed E-state index contributed by atoms with van der Waals surface area (Å²) in [6.07, 6.45) is 9.29. The number of benzene rings is 1. The molecule has 1 saturated heterocycles. The second-order valence-corrected chi connectivity index (χ2v) is 6.88. The summed E-state index contributed by atoms with van der Waals surface area (Å²) in [5.74, 6) is 0.162. The average Bonchev–Trinajstić information content (AvgIpc) is 2.97. The highest BCUT2D eigenvalue weighted by atomic mass is 16.2. The van der Waals surface area contributed by atoms with Gasteiger partial charge in [-0.2, -0.15) is 0 Å².